The van der Waals surface area contributed by atoms with E-state index in [1.54, 1.807) is 6.92 Å². The number of aliphatic hydroxyl groups excluding tert-OH is 1. The lowest BCUT2D eigenvalue weighted by atomic mass is 9.93. The fraction of sp³-hybridized carbons (Fsp3) is 0.652. The molecule has 2 heterocycles. The summed E-state index contributed by atoms with van der Waals surface area (Å²) < 4.78 is 0. The van der Waals surface area contributed by atoms with Crippen molar-refractivity contribution in [1.29, 1.82) is 0 Å². The smallest absolute Gasteiger partial charge is 0.226 e. The zero-order valence-corrected chi connectivity index (χ0v) is 18.0. The fourth-order valence-electron chi connectivity index (χ4n) is 4.57. The van der Waals surface area contributed by atoms with Gasteiger partial charge in [0.1, 0.15) is 0 Å². The number of piperidine rings is 1. The van der Waals surface area contributed by atoms with Gasteiger partial charge >= 0.3 is 0 Å². The van der Waals surface area contributed by atoms with E-state index in [0.717, 1.165) is 43.5 Å². The maximum Gasteiger partial charge on any atom is 0.226 e. The van der Waals surface area contributed by atoms with Gasteiger partial charge in [-0.15, -0.1) is 0 Å². The number of β-amino-alcohol motifs (C(OH)–C–C–N with tert-alkyl or cyclic N) is 1. The highest BCUT2D eigenvalue weighted by Gasteiger charge is 2.34. The highest BCUT2D eigenvalue weighted by atomic mass is 16.3. The lowest BCUT2D eigenvalue weighted by molar-refractivity contribution is -0.130. The van der Waals surface area contributed by atoms with E-state index in [9.17, 15) is 14.7 Å². The average Bonchev–Trinajstić information content (AvgIpc) is 2.91. The lowest BCUT2D eigenvalue weighted by Crippen LogP contribution is -2.50. The molecule has 3 N–H and O–H groups in total. The summed E-state index contributed by atoms with van der Waals surface area (Å²) in [5.74, 6) is 0.108. The zero-order valence-electron chi connectivity index (χ0n) is 18.0. The molecule has 7 nitrogen and oxygen atoms in total. The van der Waals surface area contributed by atoms with Gasteiger partial charge in [-0.2, -0.15) is 0 Å². The van der Waals surface area contributed by atoms with Crippen LogP contribution in [0.5, 0.6) is 0 Å². The van der Waals surface area contributed by atoms with Crippen molar-refractivity contribution in [2.24, 2.45) is 0 Å². The quantitative estimate of drug-likeness (QED) is 0.644. The maximum absolute atomic E-state index is 12.7. The first-order valence-electron chi connectivity index (χ1n) is 11.1. The third kappa shape index (κ3) is 6.52. The minimum atomic E-state index is -0.765. The first kappa shape index (κ1) is 22.7. The van der Waals surface area contributed by atoms with Gasteiger partial charge in [-0.1, -0.05) is 24.3 Å². The molecule has 2 saturated heterocycles. The minimum absolute atomic E-state index is 0.00382. The van der Waals surface area contributed by atoms with Gasteiger partial charge in [0.05, 0.1) is 18.6 Å². The molecule has 0 saturated carbocycles. The number of rotatable bonds is 6. The van der Waals surface area contributed by atoms with Crippen molar-refractivity contribution in [3.63, 3.8) is 0 Å². The van der Waals surface area contributed by atoms with Gasteiger partial charge in [0, 0.05) is 45.7 Å². The number of hydrogen-bond donors (Lipinski definition) is 3. The molecule has 7 heteroatoms. The predicted molar refractivity (Wildman–Crippen MR) is 115 cm³/mol. The van der Waals surface area contributed by atoms with Crippen LogP contribution in [0.3, 0.4) is 0 Å². The van der Waals surface area contributed by atoms with Crippen molar-refractivity contribution in [2.45, 2.75) is 63.7 Å². The molecule has 3 rings (SSSR count). The second-order valence-corrected chi connectivity index (χ2v) is 8.86. The predicted octanol–water partition coefficient (Wildman–Crippen LogP) is 1.07. The third-order valence-corrected chi connectivity index (χ3v) is 6.34. The molecule has 2 amide bonds. The first-order chi connectivity index (χ1) is 14.4. The van der Waals surface area contributed by atoms with Gasteiger partial charge in [-0.3, -0.25) is 9.59 Å². The summed E-state index contributed by atoms with van der Waals surface area (Å²) in [7, 11) is 0. The molecule has 30 heavy (non-hydrogen) atoms. The summed E-state index contributed by atoms with van der Waals surface area (Å²) in [4.78, 5) is 28.1. The molecular formula is C23H35N3O4. The summed E-state index contributed by atoms with van der Waals surface area (Å²) in [6.07, 6.45) is 4.26. The van der Waals surface area contributed by atoms with Crippen molar-refractivity contribution in [2.75, 3.05) is 32.7 Å². The van der Waals surface area contributed by atoms with Crippen LogP contribution in [0.15, 0.2) is 24.3 Å². The highest BCUT2D eigenvalue weighted by molar-refractivity contribution is 5.78. The van der Waals surface area contributed by atoms with Crippen molar-refractivity contribution >= 4 is 11.8 Å². The van der Waals surface area contributed by atoms with Crippen LogP contribution < -0.4 is 5.32 Å². The van der Waals surface area contributed by atoms with Crippen LogP contribution in [0.25, 0.3) is 0 Å². The number of nitrogens with zero attached hydrogens (tertiary/aromatic N) is 2. The monoisotopic (exact) mass is 417 g/mol. The topological polar surface area (TPSA) is 93.1 Å². The van der Waals surface area contributed by atoms with Crippen LogP contribution in [0.4, 0.5) is 0 Å². The van der Waals surface area contributed by atoms with Crippen LogP contribution in [-0.2, 0) is 22.6 Å². The molecule has 1 aromatic carbocycles. The van der Waals surface area contributed by atoms with Crippen LogP contribution >= 0.6 is 0 Å². The molecule has 0 bridgehead atoms. The zero-order chi connectivity index (χ0) is 21.6. The Morgan fingerprint density at radius 1 is 1.07 bits per heavy atom. The Morgan fingerprint density at radius 2 is 1.73 bits per heavy atom. The SMILES string of the molecule is CC(=O)NC1CCN(C[C@]2(O)CCCN(C(=O)Cc3ccc(CO)cc3)CC2)CC1. The van der Waals surface area contributed by atoms with Crippen LogP contribution in [0.1, 0.15) is 50.2 Å². The van der Waals surface area contributed by atoms with E-state index in [0.29, 0.717) is 38.9 Å². The summed E-state index contributed by atoms with van der Waals surface area (Å²) in [5.41, 5.74) is 1.02. The Balaban J connectivity index is 1.47. The van der Waals surface area contributed by atoms with E-state index in [1.807, 2.05) is 29.2 Å². The molecule has 0 spiro atoms. The molecule has 166 valence electrons. The van der Waals surface area contributed by atoms with E-state index >= 15 is 0 Å². The number of carbonyl (C=O) groups excluding carboxylic acids is 2. The first-order valence-corrected chi connectivity index (χ1v) is 11.1. The number of nitrogens with one attached hydrogen (secondary N) is 1. The summed E-state index contributed by atoms with van der Waals surface area (Å²) >= 11 is 0. The molecule has 2 fully saturated rings. The summed E-state index contributed by atoms with van der Waals surface area (Å²) in [6.45, 7) is 5.19. The standard InChI is InChI=1S/C23H35N3O4/c1-18(28)24-21-7-12-25(13-8-21)17-23(30)9-2-11-26(14-10-23)22(29)15-19-3-5-20(16-27)6-4-19/h3-6,21,27,30H,2,7-17H2,1H3,(H,24,28)/t23-/m0/s1. The Labute approximate surface area is 179 Å². The van der Waals surface area contributed by atoms with E-state index < -0.39 is 5.60 Å². The van der Waals surface area contributed by atoms with Gasteiger partial charge in [0.2, 0.25) is 11.8 Å². The van der Waals surface area contributed by atoms with Crippen molar-refractivity contribution in [1.82, 2.24) is 15.1 Å². The molecule has 1 aromatic rings. The molecule has 1 atom stereocenters. The number of amides is 2. The van der Waals surface area contributed by atoms with Crippen LogP contribution in [0.2, 0.25) is 0 Å². The Morgan fingerprint density at radius 3 is 2.37 bits per heavy atom. The average molecular weight is 418 g/mol. The summed E-state index contributed by atoms with van der Waals surface area (Å²) in [6, 6.07) is 7.71. The fourth-order valence-corrected chi connectivity index (χ4v) is 4.57. The van der Waals surface area contributed by atoms with Gasteiger partial charge < -0.3 is 25.3 Å². The van der Waals surface area contributed by atoms with Gasteiger partial charge in [-0.05, 0) is 43.2 Å². The van der Waals surface area contributed by atoms with Gasteiger partial charge in [0.15, 0.2) is 0 Å². The van der Waals surface area contributed by atoms with E-state index in [-0.39, 0.29) is 24.5 Å². The van der Waals surface area contributed by atoms with E-state index in [4.69, 9.17) is 5.11 Å². The second kappa shape index (κ2) is 10.4. The normalized spacial score (nSPS) is 23.8. The number of likely N-dealkylation sites (tertiary alicyclic amines) is 2. The van der Waals surface area contributed by atoms with Crippen molar-refractivity contribution in [3.8, 4) is 0 Å². The molecular weight excluding hydrogens is 382 g/mol. The summed E-state index contributed by atoms with van der Waals surface area (Å²) in [5, 5.41) is 23.3. The molecule has 2 aliphatic heterocycles. The second-order valence-electron chi connectivity index (χ2n) is 8.86. The third-order valence-electron chi connectivity index (χ3n) is 6.34. The van der Waals surface area contributed by atoms with Gasteiger partial charge in [-0.25, -0.2) is 0 Å². The van der Waals surface area contributed by atoms with Crippen molar-refractivity contribution < 1.29 is 19.8 Å². The van der Waals surface area contributed by atoms with Crippen molar-refractivity contribution in [3.05, 3.63) is 35.4 Å². The molecule has 0 radical (unpaired) electrons. The lowest BCUT2D eigenvalue weighted by Gasteiger charge is -2.38. The number of benzene rings is 1. The Hall–Kier alpha value is -1.96. The number of hydrogen-bond acceptors (Lipinski definition) is 5. The molecule has 0 unspecified atom stereocenters. The van der Waals surface area contributed by atoms with E-state index in [2.05, 4.69) is 10.2 Å². The largest absolute Gasteiger partial charge is 0.392 e. The maximum atomic E-state index is 12.7. The highest BCUT2D eigenvalue weighted by Crippen LogP contribution is 2.25. The molecule has 2 aliphatic rings. The minimum Gasteiger partial charge on any atom is -0.392 e. The van der Waals surface area contributed by atoms with Crippen LogP contribution in [0, 0.1) is 0 Å². The van der Waals surface area contributed by atoms with E-state index in [1.165, 1.54) is 0 Å². The van der Waals surface area contributed by atoms with Gasteiger partial charge in [0.25, 0.3) is 0 Å². The Kier molecular flexibility index (Phi) is 7.86. The van der Waals surface area contributed by atoms with Crippen LogP contribution in [-0.4, -0.2) is 76.2 Å². The Bertz CT molecular complexity index is 716. The molecule has 0 aromatic heterocycles. The number of carbonyl (C=O) groups is 2. The number of aliphatic hydroxyl groups is 2. The molecule has 0 aliphatic carbocycles.